The van der Waals surface area contributed by atoms with E-state index in [1.54, 1.807) is 6.92 Å². The van der Waals surface area contributed by atoms with Gasteiger partial charge in [0.2, 0.25) is 11.8 Å². The molecule has 0 aliphatic carbocycles. The zero-order valence-electron chi connectivity index (χ0n) is 15.2. The van der Waals surface area contributed by atoms with E-state index < -0.39 is 0 Å². The number of piperidine rings is 1. The molecule has 1 N–H and O–H groups in total. The van der Waals surface area contributed by atoms with Gasteiger partial charge in [-0.2, -0.15) is 0 Å². The number of hydrogen-bond donors (Lipinski definition) is 1. The van der Waals surface area contributed by atoms with Gasteiger partial charge in [-0.25, -0.2) is 0 Å². The fourth-order valence-corrected chi connectivity index (χ4v) is 4.36. The summed E-state index contributed by atoms with van der Waals surface area (Å²) in [7, 11) is 1.93. The van der Waals surface area contributed by atoms with Gasteiger partial charge in [0.15, 0.2) is 0 Å². The van der Waals surface area contributed by atoms with E-state index in [4.69, 9.17) is 23.2 Å². The van der Waals surface area contributed by atoms with Crippen molar-refractivity contribution < 1.29 is 9.59 Å². The smallest absolute Gasteiger partial charge is 0.225 e. The molecule has 2 aliphatic heterocycles. The first kappa shape index (κ1) is 19.5. The van der Waals surface area contributed by atoms with E-state index >= 15 is 0 Å². The van der Waals surface area contributed by atoms with E-state index in [0.717, 1.165) is 18.4 Å². The van der Waals surface area contributed by atoms with Gasteiger partial charge in [-0.05, 0) is 37.6 Å². The normalized spacial score (nSPS) is 24.2. The van der Waals surface area contributed by atoms with Crippen LogP contribution in [0.5, 0.6) is 0 Å². The van der Waals surface area contributed by atoms with Gasteiger partial charge in [0, 0.05) is 51.0 Å². The van der Waals surface area contributed by atoms with Gasteiger partial charge in [0.25, 0.3) is 0 Å². The van der Waals surface area contributed by atoms with Crippen LogP contribution in [0.2, 0.25) is 10.0 Å². The maximum absolute atomic E-state index is 13.0. The molecular weight excluding hydrogens is 373 g/mol. The molecule has 2 saturated heterocycles. The van der Waals surface area contributed by atoms with E-state index in [1.165, 1.54) is 0 Å². The van der Waals surface area contributed by atoms with Crippen molar-refractivity contribution in [2.24, 2.45) is 5.92 Å². The highest BCUT2D eigenvalue weighted by atomic mass is 35.5. The van der Waals surface area contributed by atoms with Gasteiger partial charge in [0.05, 0.1) is 10.0 Å². The third kappa shape index (κ3) is 4.00. The second-order valence-electron chi connectivity index (χ2n) is 7.20. The molecule has 0 aromatic heterocycles. The Bertz CT molecular complexity index is 689. The zero-order chi connectivity index (χ0) is 18.8. The Labute approximate surface area is 164 Å². The highest BCUT2D eigenvalue weighted by molar-refractivity contribution is 6.42. The van der Waals surface area contributed by atoms with Crippen molar-refractivity contribution in [3.8, 4) is 0 Å². The molecule has 0 radical (unpaired) electrons. The lowest BCUT2D eigenvalue weighted by Crippen LogP contribution is -2.43. The van der Waals surface area contributed by atoms with Crippen LogP contribution < -0.4 is 5.32 Å². The predicted octanol–water partition coefficient (Wildman–Crippen LogP) is 2.77. The van der Waals surface area contributed by atoms with Crippen molar-refractivity contribution in [1.29, 1.82) is 0 Å². The molecule has 1 aromatic rings. The SMILES string of the molecule is CN[C@@H]1CN(C(=O)C2CCN(C(C)=O)CC2)C[C@H]1c1ccc(Cl)c(Cl)c1. The Kier molecular flexibility index (Phi) is 6.10. The number of benzene rings is 1. The van der Waals surface area contributed by atoms with Crippen molar-refractivity contribution in [3.63, 3.8) is 0 Å². The van der Waals surface area contributed by atoms with Crippen molar-refractivity contribution in [1.82, 2.24) is 15.1 Å². The number of amides is 2. The number of carbonyl (C=O) groups is 2. The largest absolute Gasteiger partial charge is 0.343 e. The van der Waals surface area contributed by atoms with Crippen LogP contribution in [0.15, 0.2) is 18.2 Å². The van der Waals surface area contributed by atoms with E-state index in [1.807, 2.05) is 35.0 Å². The number of carbonyl (C=O) groups excluding carboxylic acids is 2. The van der Waals surface area contributed by atoms with Gasteiger partial charge in [-0.15, -0.1) is 0 Å². The minimum absolute atomic E-state index is 0.00987. The maximum atomic E-state index is 13.0. The standard InChI is InChI=1S/C19H25Cl2N3O2/c1-12(25)23-7-5-13(6-8-23)19(26)24-10-15(18(11-24)22-2)14-3-4-16(20)17(21)9-14/h3-4,9,13,15,18,22H,5-8,10-11H2,1-2H3/t15-,18+/m0/s1. The number of halogens is 2. The summed E-state index contributed by atoms with van der Waals surface area (Å²) in [6.07, 6.45) is 1.49. The third-order valence-corrected chi connectivity index (χ3v) is 6.40. The Morgan fingerprint density at radius 1 is 1.08 bits per heavy atom. The molecular formula is C19H25Cl2N3O2. The molecule has 2 atom stereocenters. The molecule has 5 nitrogen and oxygen atoms in total. The molecule has 2 amide bonds. The van der Waals surface area contributed by atoms with E-state index in [-0.39, 0.29) is 29.7 Å². The molecule has 1 aromatic carbocycles. The van der Waals surface area contributed by atoms with Crippen LogP contribution in [0.1, 0.15) is 31.2 Å². The molecule has 0 bridgehead atoms. The lowest BCUT2D eigenvalue weighted by Gasteiger charge is -2.32. The fraction of sp³-hybridized carbons (Fsp3) is 0.579. The Morgan fingerprint density at radius 2 is 1.77 bits per heavy atom. The number of nitrogens with zero attached hydrogens (tertiary/aromatic N) is 2. The molecule has 2 fully saturated rings. The maximum Gasteiger partial charge on any atom is 0.225 e. The predicted molar refractivity (Wildman–Crippen MR) is 104 cm³/mol. The number of likely N-dealkylation sites (N-methyl/N-ethyl adjacent to an activating group) is 1. The molecule has 2 aliphatic rings. The Morgan fingerprint density at radius 3 is 2.35 bits per heavy atom. The summed E-state index contributed by atoms with van der Waals surface area (Å²) in [5.41, 5.74) is 1.10. The van der Waals surface area contributed by atoms with Crippen LogP contribution in [0.25, 0.3) is 0 Å². The molecule has 0 saturated carbocycles. The van der Waals surface area contributed by atoms with E-state index in [0.29, 0.717) is 36.2 Å². The monoisotopic (exact) mass is 397 g/mol. The van der Waals surface area contributed by atoms with Crippen LogP contribution >= 0.6 is 23.2 Å². The quantitative estimate of drug-likeness (QED) is 0.852. The second kappa shape index (κ2) is 8.15. The lowest BCUT2D eigenvalue weighted by molar-refractivity contribution is -0.139. The summed E-state index contributed by atoms with van der Waals surface area (Å²) in [4.78, 5) is 28.2. The van der Waals surface area contributed by atoms with Crippen LogP contribution in [0.4, 0.5) is 0 Å². The zero-order valence-corrected chi connectivity index (χ0v) is 16.7. The van der Waals surface area contributed by atoms with Crippen molar-refractivity contribution >= 4 is 35.0 Å². The van der Waals surface area contributed by atoms with Crippen LogP contribution in [-0.2, 0) is 9.59 Å². The van der Waals surface area contributed by atoms with Crippen molar-refractivity contribution in [3.05, 3.63) is 33.8 Å². The fourth-order valence-electron chi connectivity index (χ4n) is 4.06. The number of rotatable bonds is 3. The Hall–Kier alpha value is -1.30. The molecule has 3 rings (SSSR count). The average Bonchev–Trinajstić information content (AvgIpc) is 3.08. The summed E-state index contributed by atoms with van der Waals surface area (Å²) in [5.74, 6) is 0.495. The minimum atomic E-state index is 0.00987. The van der Waals surface area contributed by atoms with E-state index in [9.17, 15) is 9.59 Å². The van der Waals surface area contributed by atoms with Gasteiger partial charge in [-0.1, -0.05) is 29.3 Å². The molecule has 7 heteroatoms. The van der Waals surface area contributed by atoms with Gasteiger partial charge in [-0.3, -0.25) is 9.59 Å². The molecule has 142 valence electrons. The first-order valence-corrected chi connectivity index (χ1v) is 9.82. The third-order valence-electron chi connectivity index (χ3n) is 5.66. The lowest BCUT2D eigenvalue weighted by atomic mass is 9.94. The molecule has 0 unspecified atom stereocenters. The Balaban J connectivity index is 1.67. The number of likely N-dealkylation sites (tertiary alicyclic amines) is 2. The molecule has 2 heterocycles. The second-order valence-corrected chi connectivity index (χ2v) is 8.01. The first-order chi connectivity index (χ1) is 12.4. The van der Waals surface area contributed by atoms with Gasteiger partial charge in [0.1, 0.15) is 0 Å². The molecule has 26 heavy (non-hydrogen) atoms. The van der Waals surface area contributed by atoms with Gasteiger partial charge >= 0.3 is 0 Å². The van der Waals surface area contributed by atoms with Crippen LogP contribution in [0.3, 0.4) is 0 Å². The average molecular weight is 398 g/mol. The summed E-state index contributed by atoms with van der Waals surface area (Å²) < 4.78 is 0. The molecule has 0 spiro atoms. The highest BCUT2D eigenvalue weighted by Gasteiger charge is 2.38. The summed E-state index contributed by atoms with van der Waals surface area (Å²) in [6.45, 7) is 4.29. The van der Waals surface area contributed by atoms with E-state index in [2.05, 4.69) is 5.32 Å². The topological polar surface area (TPSA) is 52.7 Å². The van der Waals surface area contributed by atoms with Gasteiger partial charge < -0.3 is 15.1 Å². The van der Waals surface area contributed by atoms with Crippen molar-refractivity contribution in [2.45, 2.75) is 31.7 Å². The number of hydrogen-bond acceptors (Lipinski definition) is 3. The van der Waals surface area contributed by atoms with Crippen LogP contribution in [0, 0.1) is 5.92 Å². The summed E-state index contributed by atoms with van der Waals surface area (Å²) in [5, 5.41) is 4.42. The summed E-state index contributed by atoms with van der Waals surface area (Å²) >= 11 is 12.2. The van der Waals surface area contributed by atoms with Crippen LogP contribution in [-0.4, -0.2) is 60.9 Å². The number of nitrogens with one attached hydrogen (secondary N) is 1. The highest BCUT2D eigenvalue weighted by Crippen LogP contribution is 2.33. The first-order valence-electron chi connectivity index (χ1n) is 9.07. The van der Waals surface area contributed by atoms with Crippen molar-refractivity contribution in [2.75, 3.05) is 33.2 Å². The minimum Gasteiger partial charge on any atom is -0.343 e. The summed E-state index contributed by atoms with van der Waals surface area (Å²) in [6, 6.07) is 5.89.